The molecular formula is C30H36NO10+. The van der Waals surface area contributed by atoms with Gasteiger partial charge in [0.25, 0.3) is 0 Å². The van der Waals surface area contributed by atoms with Gasteiger partial charge in [-0.25, -0.2) is 0 Å². The van der Waals surface area contributed by atoms with Crippen LogP contribution in [0.2, 0.25) is 0 Å². The Labute approximate surface area is 237 Å². The van der Waals surface area contributed by atoms with Crippen LogP contribution in [0.15, 0.2) is 18.2 Å². The topological polar surface area (TPSA) is 160 Å². The quantitative estimate of drug-likeness (QED) is 0.263. The number of carbonyl (C=O) groups excluding carboxylic acids is 3. The molecule has 2 aromatic rings. The van der Waals surface area contributed by atoms with Crippen LogP contribution >= 0.6 is 0 Å². The molecule has 2 aliphatic carbocycles. The van der Waals surface area contributed by atoms with Crippen LogP contribution in [0.25, 0.3) is 0 Å². The van der Waals surface area contributed by atoms with Crippen molar-refractivity contribution in [2.75, 3.05) is 28.3 Å². The molecule has 11 nitrogen and oxygen atoms in total. The van der Waals surface area contributed by atoms with E-state index in [2.05, 4.69) is 0 Å². The number of quaternary nitrogens is 1. The fourth-order valence-corrected chi connectivity index (χ4v) is 6.37. The Morgan fingerprint density at radius 2 is 1.73 bits per heavy atom. The highest BCUT2D eigenvalue weighted by Gasteiger charge is 2.50. The van der Waals surface area contributed by atoms with Gasteiger partial charge in [0.05, 0.1) is 63.6 Å². The zero-order valence-corrected chi connectivity index (χ0v) is 23.9. The van der Waals surface area contributed by atoms with E-state index in [9.17, 15) is 34.8 Å². The molecular weight excluding hydrogens is 534 g/mol. The Morgan fingerprint density at radius 1 is 1.07 bits per heavy atom. The summed E-state index contributed by atoms with van der Waals surface area (Å²) in [6, 6.07) is 4.19. The van der Waals surface area contributed by atoms with Gasteiger partial charge in [0.15, 0.2) is 17.9 Å². The van der Waals surface area contributed by atoms with E-state index >= 15 is 0 Å². The predicted molar refractivity (Wildman–Crippen MR) is 144 cm³/mol. The van der Waals surface area contributed by atoms with Gasteiger partial charge < -0.3 is 39.1 Å². The smallest absolute Gasteiger partial charge is 0.202 e. The van der Waals surface area contributed by atoms with Crippen LogP contribution in [0.3, 0.4) is 0 Å². The molecule has 4 N–H and O–H groups in total. The fraction of sp³-hybridized carbons (Fsp3) is 0.500. The van der Waals surface area contributed by atoms with Gasteiger partial charge >= 0.3 is 0 Å². The number of phenols is 2. The van der Waals surface area contributed by atoms with Gasteiger partial charge in [-0.15, -0.1) is 0 Å². The summed E-state index contributed by atoms with van der Waals surface area (Å²) in [5, 5.41) is 45.2. The summed E-state index contributed by atoms with van der Waals surface area (Å²) in [7, 11) is 7.14. The summed E-state index contributed by atoms with van der Waals surface area (Å²) in [5.74, 6) is -3.07. The number of hydrogen-bond acceptors (Lipinski definition) is 10. The minimum Gasteiger partial charge on any atom is -0.507 e. The molecule has 41 heavy (non-hydrogen) atoms. The van der Waals surface area contributed by atoms with Gasteiger partial charge in [-0.05, 0) is 19.9 Å². The largest absolute Gasteiger partial charge is 0.507 e. The van der Waals surface area contributed by atoms with E-state index in [0.717, 1.165) is 0 Å². The van der Waals surface area contributed by atoms with Gasteiger partial charge in [0.1, 0.15) is 35.0 Å². The van der Waals surface area contributed by atoms with E-state index in [1.54, 1.807) is 6.92 Å². The highest BCUT2D eigenvalue weighted by molar-refractivity contribution is 6.31. The number of aromatic hydroxyl groups is 2. The van der Waals surface area contributed by atoms with Crippen molar-refractivity contribution in [1.29, 1.82) is 0 Å². The summed E-state index contributed by atoms with van der Waals surface area (Å²) < 4.78 is 18.0. The van der Waals surface area contributed by atoms with Crippen LogP contribution in [-0.2, 0) is 20.7 Å². The zero-order chi connectivity index (χ0) is 30.2. The number of ketones is 3. The molecule has 1 aliphatic heterocycles. The van der Waals surface area contributed by atoms with Crippen LogP contribution < -0.4 is 4.74 Å². The average Bonchev–Trinajstić information content (AvgIpc) is 2.89. The third-order valence-corrected chi connectivity index (χ3v) is 8.72. The lowest BCUT2D eigenvalue weighted by Gasteiger charge is -2.46. The number of aliphatic hydroxyl groups is 2. The Bertz CT molecular complexity index is 1460. The SMILES string of the molecule is COc1cccc2c1C(=O)c1c(O)c3c(c(O)c1C2=O)CC(O)(C(C)=O)CC3OC1CC([N+](C)(C)C)C(O)C(C)O1. The lowest BCUT2D eigenvalue weighted by Crippen LogP contribution is -2.60. The molecule has 0 aromatic heterocycles. The Morgan fingerprint density at radius 3 is 2.34 bits per heavy atom. The molecule has 6 atom stereocenters. The number of ether oxygens (including phenoxy) is 3. The van der Waals surface area contributed by atoms with Crippen molar-refractivity contribution in [3.05, 3.63) is 51.6 Å². The summed E-state index contributed by atoms with van der Waals surface area (Å²) >= 11 is 0. The number of hydrogen-bond donors (Lipinski definition) is 4. The molecule has 1 saturated heterocycles. The van der Waals surface area contributed by atoms with Crippen molar-refractivity contribution in [3.63, 3.8) is 0 Å². The number of Topliss-reactive ketones (excluding diaryl/α,β-unsaturated/α-hetero) is 1. The molecule has 0 spiro atoms. The number of methoxy groups -OCH3 is 1. The van der Waals surface area contributed by atoms with Crippen molar-refractivity contribution < 1.29 is 53.5 Å². The highest BCUT2D eigenvalue weighted by Crippen LogP contribution is 2.52. The maximum absolute atomic E-state index is 13.8. The van der Waals surface area contributed by atoms with Crippen LogP contribution in [-0.4, -0.2) is 101 Å². The summed E-state index contributed by atoms with van der Waals surface area (Å²) in [6.07, 6.45) is -3.97. The molecule has 0 saturated carbocycles. The molecule has 0 radical (unpaired) electrons. The maximum atomic E-state index is 13.8. The van der Waals surface area contributed by atoms with E-state index in [4.69, 9.17) is 14.2 Å². The predicted octanol–water partition coefficient (Wildman–Crippen LogP) is 1.78. The number of rotatable bonds is 5. The van der Waals surface area contributed by atoms with E-state index in [1.165, 1.54) is 32.2 Å². The second kappa shape index (κ2) is 9.88. The number of phenolic OH excluding ortho intramolecular Hbond substituents is 2. The average molecular weight is 571 g/mol. The lowest BCUT2D eigenvalue weighted by atomic mass is 9.72. The first-order valence-electron chi connectivity index (χ1n) is 13.5. The van der Waals surface area contributed by atoms with Crippen molar-refractivity contribution in [2.45, 2.75) is 69.4 Å². The number of nitrogens with zero attached hydrogens (tertiary/aromatic N) is 1. The molecule has 1 fully saturated rings. The molecule has 5 rings (SSSR count). The lowest BCUT2D eigenvalue weighted by molar-refractivity contribution is -0.903. The van der Waals surface area contributed by atoms with Crippen molar-refractivity contribution in [2.24, 2.45) is 0 Å². The first-order valence-corrected chi connectivity index (χ1v) is 13.5. The Balaban J connectivity index is 1.66. The van der Waals surface area contributed by atoms with Gasteiger partial charge in [0.2, 0.25) is 5.78 Å². The van der Waals surface area contributed by atoms with Gasteiger partial charge in [-0.1, -0.05) is 12.1 Å². The van der Waals surface area contributed by atoms with Crippen molar-refractivity contribution in [3.8, 4) is 17.2 Å². The van der Waals surface area contributed by atoms with Crippen LogP contribution in [0.1, 0.15) is 75.8 Å². The number of benzene rings is 2. The molecule has 220 valence electrons. The first-order chi connectivity index (χ1) is 19.1. The van der Waals surface area contributed by atoms with Gasteiger partial charge in [-0.3, -0.25) is 14.4 Å². The van der Waals surface area contributed by atoms with E-state index in [-0.39, 0.29) is 46.9 Å². The summed E-state index contributed by atoms with van der Waals surface area (Å²) in [4.78, 5) is 40.0. The molecule has 1 heterocycles. The van der Waals surface area contributed by atoms with Crippen molar-refractivity contribution in [1.82, 2.24) is 0 Å². The molecule has 0 amide bonds. The zero-order valence-electron chi connectivity index (χ0n) is 23.9. The van der Waals surface area contributed by atoms with Gasteiger partial charge in [0, 0.05) is 29.5 Å². The van der Waals surface area contributed by atoms with Gasteiger partial charge in [-0.2, -0.15) is 0 Å². The number of likely N-dealkylation sites (N-methyl/N-ethyl adjacent to an activating group) is 1. The van der Waals surface area contributed by atoms with Crippen LogP contribution in [0.5, 0.6) is 17.2 Å². The van der Waals surface area contributed by atoms with E-state index in [0.29, 0.717) is 4.48 Å². The third kappa shape index (κ3) is 4.52. The summed E-state index contributed by atoms with van der Waals surface area (Å²) in [5.41, 5.74) is -2.91. The maximum Gasteiger partial charge on any atom is 0.202 e. The second-order valence-corrected chi connectivity index (χ2v) is 12.2. The standard InChI is InChI=1S/C30H35NO10/c1-13-25(33)17(31(3,4)5)10-20(40-13)41-19-12-30(38,14(2)32)11-16-22(19)29(37)24-23(27(16)35)26(34)15-8-7-9-18(39-6)21(15)28(24)36/h7-9,13,17,19-20,25,33,38H,10-12H2,1-6H3,(H-,34,35,36,37)/p+1. The van der Waals surface area contributed by atoms with Crippen LogP contribution in [0, 0.1) is 0 Å². The molecule has 2 aromatic carbocycles. The molecule has 0 bridgehead atoms. The monoisotopic (exact) mass is 570 g/mol. The minimum atomic E-state index is -1.99. The highest BCUT2D eigenvalue weighted by atomic mass is 16.7. The third-order valence-electron chi connectivity index (χ3n) is 8.72. The minimum absolute atomic E-state index is 0.00330. The van der Waals surface area contributed by atoms with Crippen LogP contribution in [0.4, 0.5) is 0 Å². The Kier molecular flexibility index (Phi) is 7.03. The number of fused-ring (bicyclic) bond motifs is 3. The van der Waals surface area contributed by atoms with Crippen molar-refractivity contribution >= 4 is 17.3 Å². The second-order valence-electron chi connectivity index (χ2n) is 12.2. The van der Waals surface area contributed by atoms with E-state index in [1.807, 2.05) is 21.1 Å². The first kappa shape index (κ1) is 29.2. The number of aliphatic hydroxyl groups excluding tert-OH is 1. The van der Waals surface area contributed by atoms with E-state index < -0.39 is 76.6 Å². The number of carbonyl (C=O) groups is 3. The molecule has 3 aliphatic rings. The molecule has 6 unspecified atom stereocenters. The normalized spacial score (nSPS) is 29.4. The Hall–Kier alpha value is -3.35. The summed E-state index contributed by atoms with van der Waals surface area (Å²) in [6.45, 7) is 2.91. The molecule has 11 heteroatoms. The fourth-order valence-electron chi connectivity index (χ4n) is 6.37.